The van der Waals surface area contributed by atoms with Gasteiger partial charge in [0.25, 0.3) is 0 Å². The predicted octanol–water partition coefficient (Wildman–Crippen LogP) is 4.02. The Balaban J connectivity index is 2.33. The number of halogens is 2. The van der Waals surface area contributed by atoms with Gasteiger partial charge < -0.3 is 0 Å². The topological polar surface area (TPSA) is 34.4 Å². The maximum Gasteiger partial charge on any atom is 0.169 e. The van der Waals surface area contributed by atoms with E-state index >= 15 is 0 Å². The fourth-order valence-corrected chi connectivity index (χ4v) is 2.77. The zero-order valence-corrected chi connectivity index (χ0v) is 12.2. The summed E-state index contributed by atoms with van der Waals surface area (Å²) in [6.07, 6.45) is 2.57. The lowest BCUT2D eigenvalue weighted by molar-refractivity contribution is 0.111. The highest BCUT2D eigenvalue weighted by Gasteiger charge is 2.15. The molecule has 100 valence electrons. The van der Waals surface area contributed by atoms with Crippen LogP contribution >= 0.6 is 15.9 Å². The van der Waals surface area contributed by atoms with Crippen LogP contribution in [0.2, 0.25) is 0 Å². The van der Waals surface area contributed by atoms with E-state index in [0.717, 1.165) is 22.0 Å². The second-order valence-corrected chi connectivity index (χ2v) is 5.42. The SMILES string of the molecule is Cc1cc(Br)cn2c(C=O)c(-c3ccc(F)cc3)nc12. The summed E-state index contributed by atoms with van der Waals surface area (Å²) in [5.41, 5.74) is 3.40. The van der Waals surface area contributed by atoms with Crippen molar-refractivity contribution in [2.24, 2.45) is 0 Å². The van der Waals surface area contributed by atoms with E-state index in [0.29, 0.717) is 17.0 Å². The van der Waals surface area contributed by atoms with E-state index in [4.69, 9.17) is 0 Å². The van der Waals surface area contributed by atoms with Gasteiger partial charge in [0, 0.05) is 16.2 Å². The first kappa shape index (κ1) is 13.0. The number of carbonyl (C=O) groups is 1. The number of fused-ring (bicyclic) bond motifs is 1. The van der Waals surface area contributed by atoms with Crippen LogP contribution in [0.1, 0.15) is 16.1 Å². The number of aldehydes is 1. The van der Waals surface area contributed by atoms with Crippen molar-refractivity contribution in [3.63, 3.8) is 0 Å². The Morgan fingerprint density at radius 3 is 2.65 bits per heavy atom. The smallest absolute Gasteiger partial charge is 0.169 e. The van der Waals surface area contributed by atoms with Gasteiger partial charge in [0.1, 0.15) is 22.9 Å². The number of carbonyl (C=O) groups excluding carboxylic acids is 1. The molecule has 0 saturated carbocycles. The summed E-state index contributed by atoms with van der Waals surface area (Å²) in [5.74, 6) is -0.316. The van der Waals surface area contributed by atoms with Crippen LogP contribution in [0.4, 0.5) is 4.39 Å². The number of hydrogen-bond acceptors (Lipinski definition) is 2. The van der Waals surface area contributed by atoms with Crippen LogP contribution in [0.5, 0.6) is 0 Å². The van der Waals surface area contributed by atoms with Crippen LogP contribution in [-0.2, 0) is 0 Å². The van der Waals surface area contributed by atoms with E-state index in [1.54, 1.807) is 22.7 Å². The summed E-state index contributed by atoms with van der Waals surface area (Å²) >= 11 is 3.41. The minimum absolute atomic E-state index is 0.316. The first-order valence-electron chi connectivity index (χ1n) is 5.99. The first-order valence-corrected chi connectivity index (χ1v) is 6.79. The Labute approximate surface area is 123 Å². The summed E-state index contributed by atoms with van der Waals surface area (Å²) in [4.78, 5) is 15.9. The fourth-order valence-electron chi connectivity index (χ4n) is 2.22. The normalized spacial score (nSPS) is 10.9. The molecular formula is C15H10BrFN2O. The maximum absolute atomic E-state index is 13.0. The molecule has 0 fully saturated rings. The molecule has 20 heavy (non-hydrogen) atoms. The number of hydrogen-bond donors (Lipinski definition) is 0. The molecule has 0 spiro atoms. The Bertz CT molecular complexity index is 809. The maximum atomic E-state index is 13.0. The molecule has 0 unspecified atom stereocenters. The minimum atomic E-state index is -0.316. The third-order valence-corrected chi connectivity index (χ3v) is 3.57. The zero-order valence-electron chi connectivity index (χ0n) is 10.6. The Hall–Kier alpha value is -2.01. The van der Waals surface area contributed by atoms with Crippen molar-refractivity contribution in [3.05, 3.63) is 58.1 Å². The first-order chi connectivity index (χ1) is 9.60. The molecule has 5 heteroatoms. The number of nitrogens with zero attached hydrogens (tertiary/aromatic N) is 2. The monoisotopic (exact) mass is 332 g/mol. The number of imidazole rings is 1. The average Bonchev–Trinajstić information content (AvgIpc) is 2.78. The van der Waals surface area contributed by atoms with Gasteiger partial charge in [-0.3, -0.25) is 9.20 Å². The number of benzene rings is 1. The van der Waals surface area contributed by atoms with E-state index in [9.17, 15) is 9.18 Å². The van der Waals surface area contributed by atoms with E-state index in [2.05, 4.69) is 20.9 Å². The van der Waals surface area contributed by atoms with Crippen molar-refractivity contribution in [1.29, 1.82) is 0 Å². The van der Waals surface area contributed by atoms with Crippen LogP contribution in [0.25, 0.3) is 16.9 Å². The van der Waals surface area contributed by atoms with Crippen LogP contribution in [0.3, 0.4) is 0 Å². The van der Waals surface area contributed by atoms with Crippen LogP contribution < -0.4 is 0 Å². The third-order valence-electron chi connectivity index (χ3n) is 3.14. The molecule has 2 heterocycles. The molecule has 0 aliphatic carbocycles. The van der Waals surface area contributed by atoms with Crippen molar-refractivity contribution in [3.8, 4) is 11.3 Å². The molecule has 0 bridgehead atoms. The summed E-state index contributed by atoms with van der Waals surface area (Å²) in [7, 11) is 0. The summed E-state index contributed by atoms with van der Waals surface area (Å²) in [5, 5.41) is 0. The lowest BCUT2D eigenvalue weighted by Crippen LogP contribution is -1.94. The summed E-state index contributed by atoms with van der Waals surface area (Å²) in [6.45, 7) is 1.93. The number of aromatic nitrogens is 2. The second-order valence-electron chi connectivity index (χ2n) is 4.51. The van der Waals surface area contributed by atoms with Gasteiger partial charge in [-0.25, -0.2) is 9.37 Å². The van der Waals surface area contributed by atoms with Crippen LogP contribution in [0, 0.1) is 12.7 Å². The fraction of sp³-hybridized carbons (Fsp3) is 0.0667. The average molecular weight is 333 g/mol. The molecule has 0 atom stereocenters. The van der Waals surface area contributed by atoms with Gasteiger partial charge in [0.15, 0.2) is 6.29 Å². The summed E-state index contributed by atoms with van der Waals surface area (Å²) < 4.78 is 15.6. The van der Waals surface area contributed by atoms with E-state index < -0.39 is 0 Å². The molecule has 0 amide bonds. The molecule has 0 saturated heterocycles. The highest BCUT2D eigenvalue weighted by Crippen LogP contribution is 2.26. The number of pyridine rings is 1. The molecule has 3 rings (SSSR count). The van der Waals surface area contributed by atoms with Gasteiger partial charge in [-0.05, 0) is 58.7 Å². The lowest BCUT2D eigenvalue weighted by atomic mass is 10.1. The Morgan fingerprint density at radius 2 is 2.00 bits per heavy atom. The molecule has 1 aromatic carbocycles. The molecule has 3 aromatic rings. The van der Waals surface area contributed by atoms with E-state index in [1.165, 1.54) is 12.1 Å². The Kier molecular flexibility index (Phi) is 3.14. The molecular weight excluding hydrogens is 323 g/mol. The van der Waals surface area contributed by atoms with Crippen molar-refractivity contribution < 1.29 is 9.18 Å². The van der Waals surface area contributed by atoms with Crippen molar-refractivity contribution in [2.75, 3.05) is 0 Å². The minimum Gasteiger partial charge on any atom is -0.296 e. The highest BCUT2D eigenvalue weighted by atomic mass is 79.9. The zero-order chi connectivity index (χ0) is 14.3. The Morgan fingerprint density at radius 1 is 1.30 bits per heavy atom. The second kappa shape index (κ2) is 4.83. The standard InChI is InChI=1S/C15H10BrFN2O/c1-9-6-11(16)7-19-13(8-20)14(18-15(9)19)10-2-4-12(17)5-3-10/h2-8H,1H3. The summed E-state index contributed by atoms with van der Waals surface area (Å²) in [6, 6.07) is 7.89. The molecule has 0 aliphatic heterocycles. The molecule has 0 aliphatic rings. The van der Waals surface area contributed by atoms with Gasteiger partial charge in [0.05, 0.1) is 0 Å². The van der Waals surface area contributed by atoms with Gasteiger partial charge >= 0.3 is 0 Å². The van der Waals surface area contributed by atoms with Gasteiger partial charge in [0.2, 0.25) is 0 Å². The molecule has 0 N–H and O–H groups in total. The highest BCUT2D eigenvalue weighted by molar-refractivity contribution is 9.10. The van der Waals surface area contributed by atoms with Gasteiger partial charge in [-0.1, -0.05) is 0 Å². The number of aryl methyl sites for hydroxylation is 1. The van der Waals surface area contributed by atoms with Crippen molar-refractivity contribution in [1.82, 2.24) is 9.38 Å². The molecule has 0 radical (unpaired) electrons. The predicted molar refractivity (Wildman–Crippen MR) is 78.4 cm³/mol. The van der Waals surface area contributed by atoms with Crippen molar-refractivity contribution in [2.45, 2.75) is 6.92 Å². The van der Waals surface area contributed by atoms with Crippen LogP contribution in [0.15, 0.2) is 41.0 Å². The molecule has 3 nitrogen and oxygen atoms in total. The number of rotatable bonds is 2. The largest absolute Gasteiger partial charge is 0.296 e. The quantitative estimate of drug-likeness (QED) is 0.664. The third kappa shape index (κ3) is 2.04. The van der Waals surface area contributed by atoms with Crippen molar-refractivity contribution >= 4 is 27.9 Å². The van der Waals surface area contributed by atoms with Crippen LogP contribution in [-0.4, -0.2) is 15.7 Å². The van der Waals surface area contributed by atoms with E-state index in [-0.39, 0.29) is 5.82 Å². The molecule has 2 aromatic heterocycles. The van der Waals surface area contributed by atoms with E-state index in [1.807, 2.05) is 13.0 Å². The van der Waals surface area contributed by atoms with Gasteiger partial charge in [-0.2, -0.15) is 0 Å². The lowest BCUT2D eigenvalue weighted by Gasteiger charge is -2.00. The van der Waals surface area contributed by atoms with Gasteiger partial charge in [-0.15, -0.1) is 0 Å².